The Morgan fingerprint density at radius 1 is 0.359 bits per heavy atom. The van der Waals surface area contributed by atoms with Crippen LogP contribution >= 0.6 is 0 Å². The van der Waals surface area contributed by atoms with Crippen molar-refractivity contribution in [3.8, 4) is 0 Å². The first-order valence-electron chi connectivity index (χ1n) is 9.04. The number of benzene rings is 3. The van der Waals surface area contributed by atoms with Crippen molar-refractivity contribution in [3.05, 3.63) is 104 Å². The van der Waals surface area contributed by atoms with E-state index in [9.17, 15) is 75.9 Å². The molecule has 0 unspecified atom stereocenters. The van der Waals surface area contributed by atoms with Crippen molar-refractivity contribution in [2.45, 2.75) is 5.60 Å². The molecular formula is C19H3BF15NaO3. The second kappa shape index (κ2) is 11.2. The van der Waals surface area contributed by atoms with Crippen LogP contribution in [0.4, 0.5) is 65.9 Å². The van der Waals surface area contributed by atoms with Crippen LogP contribution in [0.2, 0.25) is 0 Å². The van der Waals surface area contributed by atoms with Gasteiger partial charge in [-0.25, -0.2) is 65.9 Å². The third-order valence-electron chi connectivity index (χ3n) is 4.97. The van der Waals surface area contributed by atoms with E-state index in [0.717, 1.165) is 0 Å². The van der Waals surface area contributed by atoms with Crippen LogP contribution in [0.25, 0.3) is 0 Å². The summed E-state index contributed by atoms with van der Waals surface area (Å²) in [4.78, 5) is 0. The van der Waals surface area contributed by atoms with Gasteiger partial charge in [0.05, 0.1) is 16.7 Å². The van der Waals surface area contributed by atoms with E-state index in [-0.39, 0.29) is 29.6 Å². The van der Waals surface area contributed by atoms with E-state index in [1.54, 1.807) is 0 Å². The Morgan fingerprint density at radius 2 is 0.513 bits per heavy atom. The van der Waals surface area contributed by atoms with Crippen molar-refractivity contribution in [2.75, 3.05) is 0 Å². The Balaban J connectivity index is 0.00000533. The van der Waals surface area contributed by atoms with Crippen LogP contribution in [0.1, 0.15) is 16.7 Å². The SMILES string of the molecule is OB(O)OC(c1c(F)c(F)c(F)c(F)c1F)(c1c(F)c(F)c(F)c(F)c1F)c1c(F)c(F)c(F)c(F)c1F.[NaH]. The van der Waals surface area contributed by atoms with Crippen LogP contribution in [0.15, 0.2) is 0 Å². The summed E-state index contributed by atoms with van der Waals surface area (Å²) in [6, 6.07) is 0. The zero-order valence-corrected chi connectivity index (χ0v) is 17.0. The van der Waals surface area contributed by atoms with Crippen LogP contribution in [0.5, 0.6) is 0 Å². The number of rotatable bonds is 5. The molecule has 0 radical (unpaired) electrons. The van der Waals surface area contributed by atoms with Crippen molar-refractivity contribution < 1.29 is 80.6 Å². The van der Waals surface area contributed by atoms with E-state index in [1.165, 1.54) is 0 Å². The van der Waals surface area contributed by atoms with Gasteiger partial charge in [-0.3, -0.25) is 0 Å². The van der Waals surface area contributed by atoms with Gasteiger partial charge in [0.15, 0.2) is 75.4 Å². The fraction of sp³-hybridized carbons (Fsp3) is 0.0526. The van der Waals surface area contributed by atoms with Gasteiger partial charge in [-0.15, -0.1) is 0 Å². The molecule has 0 aliphatic carbocycles. The quantitative estimate of drug-likeness (QED) is 0.151. The molecule has 0 aliphatic heterocycles. The number of hydrogen-bond donors (Lipinski definition) is 2. The molecule has 0 aromatic heterocycles. The minimum absolute atomic E-state index is 0. The summed E-state index contributed by atoms with van der Waals surface area (Å²) in [5.41, 5.74) is -15.0. The number of halogens is 15. The Morgan fingerprint density at radius 3 is 0.667 bits per heavy atom. The van der Waals surface area contributed by atoms with E-state index in [4.69, 9.17) is 0 Å². The van der Waals surface area contributed by atoms with E-state index in [2.05, 4.69) is 4.65 Å². The predicted octanol–water partition coefficient (Wildman–Crippen LogP) is 4.40. The second-order valence-corrected chi connectivity index (χ2v) is 6.96. The second-order valence-electron chi connectivity index (χ2n) is 6.96. The molecular weight excluding hydrogens is 595 g/mol. The van der Waals surface area contributed by atoms with Gasteiger partial charge in [0, 0.05) is 0 Å². The van der Waals surface area contributed by atoms with Crippen LogP contribution in [0.3, 0.4) is 0 Å². The maximum absolute atomic E-state index is 14.8. The summed E-state index contributed by atoms with van der Waals surface area (Å²) in [6.45, 7) is 0. The van der Waals surface area contributed by atoms with Crippen LogP contribution in [-0.2, 0) is 10.3 Å². The van der Waals surface area contributed by atoms with E-state index >= 15 is 0 Å². The summed E-state index contributed by atoms with van der Waals surface area (Å²) >= 11 is 0. The minimum atomic E-state index is -5.43. The van der Waals surface area contributed by atoms with Crippen molar-refractivity contribution in [1.29, 1.82) is 0 Å². The first-order chi connectivity index (χ1) is 17.4. The first kappa shape index (κ1) is 32.8. The monoisotopic (exact) mass is 598 g/mol. The molecule has 0 heterocycles. The first-order valence-corrected chi connectivity index (χ1v) is 9.04. The Bertz CT molecular complexity index is 1250. The Kier molecular flexibility index (Phi) is 9.41. The Hall–Kier alpha value is -2.45. The fourth-order valence-electron chi connectivity index (χ4n) is 3.45. The molecule has 0 saturated carbocycles. The summed E-state index contributed by atoms with van der Waals surface area (Å²) in [7, 11) is -3.99. The van der Waals surface area contributed by atoms with Gasteiger partial charge < -0.3 is 14.7 Å². The van der Waals surface area contributed by atoms with Crippen LogP contribution in [-0.4, -0.2) is 46.9 Å². The molecule has 20 heteroatoms. The van der Waals surface area contributed by atoms with E-state index in [1.807, 2.05) is 0 Å². The molecule has 0 bridgehead atoms. The van der Waals surface area contributed by atoms with Crippen molar-refractivity contribution >= 4 is 36.9 Å². The molecule has 0 spiro atoms. The summed E-state index contributed by atoms with van der Waals surface area (Å²) in [5, 5.41) is 18.4. The predicted molar refractivity (Wildman–Crippen MR) is 97.0 cm³/mol. The molecule has 0 aliphatic rings. The molecule has 3 aromatic carbocycles. The van der Waals surface area contributed by atoms with E-state index < -0.39 is 117 Å². The molecule has 0 saturated heterocycles. The zero-order chi connectivity index (χ0) is 29.2. The Labute approximate surface area is 226 Å². The average Bonchev–Trinajstić information content (AvgIpc) is 2.85. The van der Waals surface area contributed by atoms with Crippen molar-refractivity contribution in [2.24, 2.45) is 0 Å². The molecule has 0 atom stereocenters. The molecule has 206 valence electrons. The number of hydrogen-bond acceptors (Lipinski definition) is 3. The van der Waals surface area contributed by atoms with Gasteiger partial charge in [0.2, 0.25) is 17.5 Å². The standard InChI is InChI=1S/C19H2BF15O3.Na.H/c21-4-1(5(22)11(28)16(33)10(4)27)19(38-20(36)37,2-6(23)12(29)17(34)13(30)7(2)24)3-8(25)14(31)18(35)15(32)9(3)26;;/h36-37H;;. The fourth-order valence-corrected chi connectivity index (χ4v) is 3.45. The maximum atomic E-state index is 14.8. The zero-order valence-electron chi connectivity index (χ0n) is 17.0. The molecule has 3 nitrogen and oxygen atoms in total. The third-order valence-corrected chi connectivity index (χ3v) is 4.97. The van der Waals surface area contributed by atoms with Crippen LogP contribution < -0.4 is 0 Å². The van der Waals surface area contributed by atoms with Gasteiger partial charge in [0.1, 0.15) is 0 Å². The van der Waals surface area contributed by atoms with Gasteiger partial charge in [0.25, 0.3) is 0 Å². The summed E-state index contributed by atoms with van der Waals surface area (Å²) < 4.78 is 218. The normalized spacial score (nSPS) is 11.6. The topological polar surface area (TPSA) is 49.7 Å². The van der Waals surface area contributed by atoms with Crippen molar-refractivity contribution in [3.63, 3.8) is 0 Å². The average molecular weight is 598 g/mol. The van der Waals surface area contributed by atoms with Crippen LogP contribution in [0, 0.1) is 87.3 Å². The molecule has 3 aromatic rings. The van der Waals surface area contributed by atoms with Gasteiger partial charge in [-0.2, -0.15) is 0 Å². The molecule has 2 N–H and O–H groups in total. The molecule has 0 fully saturated rings. The summed E-state index contributed by atoms with van der Waals surface area (Å²) in [5.74, 6) is -49.2. The van der Waals surface area contributed by atoms with E-state index in [0.29, 0.717) is 0 Å². The van der Waals surface area contributed by atoms with Gasteiger partial charge in [-0.05, 0) is 0 Å². The molecule has 39 heavy (non-hydrogen) atoms. The molecule has 0 amide bonds. The van der Waals surface area contributed by atoms with Gasteiger partial charge >= 0.3 is 36.9 Å². The third kappa shape index (κ3) is 4.67. The van der Waals surface area contributed by atoms with Gasteiger partial charge in [-0.1, -0.05) is 0 Å². The molecule has 3 rings (SSSR count). The summed E-state index contributed by atoms with van der Waals surface area (Å²) in [6.07, 6.45) is 0. The van der Waals surface area contributed by atoms with Crippen molar-refractivity contribution in [1.82, 2.24) is 0 Å².